The molecule has 0 spiro atoms. The van der Waals surface area contributed by atoms with Gasteiger partial charge in [0, 0.05) is 5.00 Å². The van der Waals surface area contributed by atoms with Gasteiger partial charge in [-0.15, -0.1) is 11.6 Å². The predicted molar refractivity (Wildman–Crippen MR) is 43.4 cm³/mol. The fourth-order valence-electron chi connectivity index (χ4n) is 0.609. The molecule has 0 bridgehead atoms. The Bertz CT molecular complexity index is 54.5. The van der Waals surface area contributed by atoms with Crippen LogP contribution in [0, 0.1) is 0 Å². The van der Waals surface area contributed by atoms with E-state index >= 15 is 0 Å². The summed E-state index contributed by atoms with van der Waals surface area (Å²) < 4.78 is 0. The quantitative estimate of drug-likeness (QED) is 0.428. The number of rotatable bonds is 3. The van der Waals surface area contributed by atoms with Crippen LogP contribution < -0.4 is 0 Å². The minimum atomic E-state index is -0.517. The van der Waals surface area contributed by atoms with Gasteiger partial charge >= 0.3 is 0 Å². The van der Waals surface area contributed by atoms with Crippen LogP contribution in [-0.2, 0) is 0 Å². The Labute approximate surface area is 58.8 Å². The van der Waals surface area contributed by atoms with Gasteiger partial charge in [-0.1, -0.05) is 26.4 Å². The number of hydrogen-bond donors (Lipinski definition) is 0. The summed E-state index contributed by atoms with van der Waals surface area (Å²) in [5.41, 5.74) is 0. The van der Waals surface area contributed by atoms with Gasteiger partial charge in [0.25, 0.3) is 0 Å². The van der Waals surface area contributed by atoms with Crippen molar-refractivity contribution >= 4 is 20.4 Å². The Morgan fingerprint density at radius 1 is 1.50 bits per heavy atom. The number of halogens is 1. The Morgan fingerprint density at radius 2 is 2.00 bits per heavy atom. The van der Waals surface area contributed by atoms with Gasteiger partial charge in [0.2, 0.25) is 0 Å². The van der Waals surface area contributed by atoms with Gasteiger partial charge in [0.05, 0.1) is 8.80 Å². The van der Waals surface area contributed by atoms with Crippen molar-refractivity contribution in [2.75, 3.05) is 0 Å². The molecule has 0 rings (SSSR count). The lowest BCUT2D eigenvalue weighted by Crippen LogP contribution is -2.17. The van der Waals surface area contributed by atoms with Gasteiger partial charge in [0.1, 0.15) is 0 Å². The fraction of sp³-hybridized carbons (Fsp3) is 1.00. The first-order chi connectivity index (χ1) is 3.68. The maximum atomic E-state index is 5.98. The Kier molecular flexibility index (Phi) is 4.67. The molecule has 0 aliphatic carbocycles. The molecule has 1 atom stereocenters. The van der Waals surface area contributed by atoms with Crippen molar-refractivity contribution in [2.45, 2.75) is 37.9 Å². The topological polar surface area (TPSA) is 0 Å². The van der Waals surface area contributed by atoms with E-state index < -0.39 is 8.80 Å². The molecule has 0 radical (unpaired) electrons. The van der Waals surface area contributed by atoms with Crippen molar-refractivity contribution in [1.82, 2.24) is 0 Å². The SMILES string of the molecule is CCCC(Cl)[SiH](C)C. The molecule has 0 aromatic carbocycles. The maximum absolute atomic E-state index is 5.98. The zero-order valence-electron chi connectivity index (χ0n) is 5.95. The molecule has 0 saturated carbocycles. The predicted octanol–water partition coefficient (Wildman–Crippen LogP) is 2.42. The number of alkyl halides is 1. The first-order valence-corrected chi connectivity index (χ1v) is 6.73. The second-order valence-electron chi connectivity index (χ2n) is 2.55. The van der Waals surface area contributed by atoms with E-state index in [1.807, 2.05) is 0 Å². The molecule has 0 aromatic heterocycles. The van der Waals surface area contributed by atoms with Gasteiger partial charge < -0.3 is 0 Å². The summed E-state index contributed by atoms with van der Waals surface area (Å²) in [4.78, 5) is 0. The van der Waals surface area contributed by atoms with E-state index in [1.165, 1.54) is 12.8 Å². The van der Waals surface area contributed by atoms with E-state index in [1.54, 1.807) is 0 Å². The van der Waals surface area contributed by atoms with Crippen molar-refractivity contribution in [2.24, 2.45) is 0 Å². The largest absolute Gasteiger partial charge is 0.127 e. The lowest BCUT2D eigenvalue weighted by Gasteiger charge is -2.08. The van der Waals surface area contributed by atoms with Crippen LogP contribution in [0.5, 0.6) is 0 Å². The van der Waals surface area contributed by atoms with Gasteiger partial charge in [-0.3, -0.25) is 0 Å². The normalized spacial score (nSPS) is 14.6. The molecule has 0 saturated heterocycles. The van der Waals surface area contributed by atoms with E-state index in [2.05, 4.69) is 20.0 Å². The third-order valence-electron chi connectivity index (χ3n) is 1.29. The van der Waals surface area contributed by atoms with Crippen molar-refractivity contribution in [3.8, 4) is 0 Å². The van der Waals surface area contributed by atoms with Crippen LogP contribution in [0.1, 0.15) is 19.8 Å². The third kappa shape index (κ3) is 3.50. The van der Waals surface area contributed by atoms with E-state index in [4.69, 9.17) is 11.6 Å². The van der Waals surface area contributed by atoms with Crippen molar-refractivity contribution in [1.29, 1.82) is 0 Å². The second-order valence-corrected chi connectivity index (χ2v) is 6.82. The van der Waals surface area contributed by atoms with E-state index in [9.17, 15) is 0 Å². The molecule has 0 heterocycles. The van der Waals surface area contributed by atoms with Crippen LogP contribution in [0.3, 0.4) is 0 Å². The van der Waals surface area contributed by atoms with Crippen LogP contribution in [0.15, 0.2) is 0 Å². The van der Waals surface area contributed by atoms with E-state index in [-0.39, 0.29) is 0 Å². The average Bonchev–Trinajstić information content (AvgIpc) is 1.67. The van der Waals surface area contributed by atoms with Crippen LogP contribution >= 0.6 is 11.6 Å². The lowest BCUT2D eigenvalue weighted by atomic mass is 10.4. The molecule has 0 aromatic rings. The van der Waals surface area contributed by atoms with Gasteiger partial charge in [-0.2, -0.15) is 0 Å². The highest BCUT2D eigenvalue weighted by atomic mass is 35.5. The molecule has 2 heteroatoms. The molecule has 8 heavy (non-hydrogen) atoms. The first kappa shape index (κ1) is 8.51. The Hall–Kier alpha value is 0.507. The zero-order chi connectivity index (χ0) is 6.57. The molecule has 0 aliphatic rings. The molecule has 0 N–H and O–H groups in total. The molecule has 50 valence electrons. The smallest absolute Gasteiger partial charge is 0.0518 e. The molecule has 1 unspecified atom stereocenters. The standard InChI is InChI=1S/C6H15ClSi/c1-4-5-6(7)8(2)3/h6,8H,4-5H2,1-3H3. The number of hydrogen-bond acceptors (Lipinski definition) is 0. The van der Waals surface area contributed by atoms with Crippen molar-refractivity contribution in [3.05, 3.63) is 0 Å². The lowest BCUT2D eigenvalue weighted by molar-refractivity contribution is 0.849. The molecular weight excluding hydrogens is 136 g/mol. The Balaban J connectivity index is 3.17. The Morgan fingerprint density at radius 3 is 2.12 bits per heavy atom. The minimum absolute atomic E-state index is 0.517. The van der Waals surface area contributed by atoms with Crippen LogP contribution in [0.2, 0.25) is 13.1 Å². The summed E-state index contributed by atoms with van der Waals surface area (Å²) >= 11 is 5.98. The van der Waals surface area contributed by atoms with Crippen LogP contribution in [-0.4, -0.2) is 13.8 Å². The van der Waals surface area contributed by atoms with E-state index in [0.717, 1.165) is 0 Å². The zero-order valence-corrected chi connectivity index (χ0v) is 7.86. The van der Waals surface area contributed by atoms with Gasteiger partial charge in [-0.05, 0) is 6.42 Å². The summed E-state index contributed by atoms with van der Waals surface area (Å²) in [5, 5.41) is 0.528. The fourth-order valence-corrected chi connectivity index (χ4v) is 1.83. The summed E-state index contributed by atoms with van der Waals surface area (Å²) in [6, 6.07) is 0. The molecule has 0 aliphatic heterocycles. The summed E-state index contributed by atoms with van der Waals surface area (Å²) in [7, 11) is -0.517. The van der Waals surface area contributed by atoms with E-state index in [0.29, 0.717) is 5.00 Å². The highest BCUT2D eigenvalue weighted by Gasteiger charge is 2.07. The maximum Gasteiger partial charge on any atom is 0.0518 e. The molecule has 0 nitrogen and oxygen atoms in total. The van der Waals surface area contributed by atoms with Crippen molar-refractivity contribution in [3.63, 3.8) is 0 Å². The van der Waals surface area contributed by atoms with Crippen molar-refractivity contribution < 1.29 is 0 Å². The van der Waals surface area contributed by atoms with Crippen LogP contribution in [0.4, 0.5) is 0 Å². The summed E-state index contributed by atoms with van der Waals surface area (Å²) in [6.07, 6.45) is 2.45. The first-order valence-electron chi connectivity index (χ1n) is 3.32. The molecule has 0 fully saturated rings. The van der Waals surface area contributed by atoms with Gasteiger partial charge in [0.15, 0.2) is 0 Å². The highest BCUT2D eigenvalue weighted by molar-refractivity contribution is 6.67. The molecule has 0 amide bonds. The summed E-state index contributed by atoms with van der Waals surface area (Å²) in [6.45, 7) is 6.78. The highest BCUT2D eigenvalue weighted by Crippen LogP contribution is 2.07. The average molecular weight is 151 g/mol. The van der Waals surface area contributed by atoms with Gasteiger partial charge in [-0.25, -0.2) is 0 Å². The third-order valence-corrected chi connectivity index (χ3v) is 4.80. The second kappa shape index (κ2) is 4.39. The minimum Gasteiger partial charge on any atom is -0.127 e. The monoisotopic (exact) mass is 150 g/mol. The molecular formula is C6H15ClSi. The van der Waals surface area contributed by atoms with Crippen LogP contribution in [0.25, 0.3) is 0 Å². The summed E-state index contributed by atoms with van der Waals surface area (Å²) in [5.74, 6) is 0.